The molecule has 2 N–H and O–H groups in total. The summed E-state index contributed by atoms with van der Waals surface area (Å²) < 4.78 is 15.7. The van der Waals surface area contributed by atoms with Crippen molar-refractivity contribution in [1.82, 2.24) is 0 Å². The van der Waals surface area contributed by atoms with E-state index in [1.165, 1.54) is 0 Å². The molecule has 0 bridgehead atoms. The fourth-order valence-electron chi connectivity index (χ4n) is 2.33. The van der Waals surface area contributed by atoms with Crippen LogP contribution in [0.4, 0.5) is 0 Å². The van der Waals surface area contributed by atoms with Gasteiger partial charge in [-0.15, -0.1) is 0 Å². The van der Waals surface area contributed by atoms with E-state index in [0.29, 0.717) is 13.2 Å². The van der Waals surface area contributed by atoms with E-state index in [4.69, 9.17) is 14.2 Å². The molecule has 112 valence electrons. The van der Waals surface area contributed by atoms with Crippen LogP contribution in [0.25, 0.3) is 0 Å². The largest absolute Gasteiger partial charge is 0.491 e. The monoisotopic (exact) mass is 282 g/mol. The molecule has 0 spiro atoms. The maximum Gasteiger partial charge on any atom is 0.122 e. The van der Waals surface area contributed by atoms with Crippen LogP contribution >= 0.6 is 0 Å². The van der Waals surface area contributed by atoms with Gasteiger partial charge in [0.2, 0.25) is 0 Å². The van der Waals surface area contributed by atoms with Crippen LogP contribution < -0.4 is 4.74 Å². The second-order valence-corrected chi connectivity index (χ2v) is 4.91. The molecule has 2 atom stereocenters. The van der Waals surface area contributed by atoms with Crippen molar-refractivity contribution < 1.29 is 24.4 Å². The van der Waals surface area contributed by atoms with Crippen LogP contribution in [-0.2, 0) is 15.9 Å². The third-order valence-electron chi connectivity index (χ3n) is 3.37. The van der Waals surface area contributed by atoms with Gasteiger partial charge in [-0.2, -0.15) is 0 Å². The van der Waals surface area contributed by atoms with Gasteiger partial charge in [0.1, 0.15) is 18.5 Å². The average Bonchev–Trinajstić information content (AvgIpc) is 2.84. The van der Waals surface area contributed by atoms with E-state index in [9.17, 15) is 10.2 Å². The molecule has 0 saturated heterocycles. The van der Waals surface area contributed by atoms with Gasteiger partial charge in [0.25, 0.3) is 0 Å². The summed E-state index contributed by atoms with van der Waals surface area (Å²) in [5.74, 6) is 0.745. The zero-order valence-corrected chi connectivity index (χ0v) is 11.7. The Morgan fingerprint density at radius 3 is 2.95 bits per heavy atom. The number of benzene rings is 1. The van der Waals surface area contributed by atoms with Gasteiger partial charge in [-0.1, -0.05) is 12.1 Å². The highest BCUT2D eigenvalue weighted by Crippen LogP contribution is 2.36. The predicted octanol–water partition coefficient (Wildman–Crippen LogP) is 1.07. The fourth-order valence-corrected chi connectivity index (χ4v) is 2.33. The van der Waals surface area contributed by atoms with Crippen LogP contribution in [0, 0.1) is 0 Å². The topological polar surface area (TPSA) is 68.2 Å². The normalized spacial score (nSPS) is 18.9. The van der Waals surface area contributed by atoms with Gasteiger partial charge < -0.3 is 24.4 Å². The number of ether oxygens (including phenoxy) is 3. The number of methoxy groups -OCH3 is 1. The van der Waals surface area contributed by atoms with Crippen molar-refractivity contribution in [3.05, 3.63) is 29.3 Å². The Kier molecular flexibility index (Phi) is 5.79. The number of fused-ring (bicyclic) bond motifs is 1. The van der Waals surface area contributed by atoms with E-state index >= 15 is 0 Å². The lowest BCUT2D eigenvalue weighted by Crippen LogP contribution is -2.24. The summed E-state index contributed by atoms with van der Waals surface area (Å²) in [7, 11) is 1.60. The maximum absolute atomic E-state index is 9.81. The van der Waals surface area contributed by atoms with E-state index in [1.54, 1.807) is 7.11 Å². The molecule has 0 fully saturated rings. The number of aliphatic hydroxyl groups excluding tert-OH is 2. The van der Waals surface area contributed by atoms with Gasteiger partial charge >= 0.3 is 0 Å². The minimum absolute atomic E-state index is 0.180. The van der Waals surface area contributed by atoms with Crippen molar-refractivity contribution >= 4 is 0 Å². The average molecular weight is 282 g/mol. The lowest BCUT2D eigenvalue weighted by atomic mass is 10.1. The molecule has 0 aliphatic heterocycles. The van der Waals surface area contributed by atoms with Crippen molar-refractivity contribution in [2.45, 2.75) is 25.0 Å². The Labute approximate surface area is 119 Å². The smallest absolute Gasteiger partial charge is 0.122 e. The van der Waals surface area contributed by atoms with Gasteiger partial charge in [-0.25, -0.2) is 0 Å². The second-order valence-electron chi connectivity index (χ2n) is 4.91. The molecule has 1 aliphatic rings. The molecule has 1 aromatic rings. The van der Waals surface area contributed by atoms with Crippen molar-refractivity contribution in [3.63, 3.8) is 0 Å². The summed E-state index contributed by atoms with van der Waals surface area (Å²) in [6.07, 6.45) is 0.482. The maximum atomic E-state index is 9.81. The molecule has 0 radical (unpaired) electrons. The molecule has 0 amide bonds. The number of hydrogen-bond acceptors (Lipinski definition) is 5. The summed E-state index contributed by atoms with van der Waals surface area (Å²) in [6, 6.07) is 5.66. The fraction of sp³-hybridized carbons (Fsp3) is 0.600. The highest BCUT2D eigenvalue weighted by molar-refractivity contribution is 5.44. The van der Waals surface area contributed by atoms with Crippen LogP contribution in [0.15, 0.2) is 18.2 Å². The van der Waals surface area contributed by atoms with Crippen molar-refractivity contribution in [2.24, 2.45) is 0 Å². The Morgan fingerprint density at radius 2 is 2.15 bits per heavy atom. The molecule has 1 aliphatic carbocycles. The molecular weight excluding hydrogens is 260 g/mol. The first kappa shape index (κ1) is 15.3. The van der Waals surface area contributed by atoms with Gasteiger partial charge in [-0.05, 0) is 24.5 Å². The molecule has 5 heteroatoms. The first-order valence-electron chi connectivity index (χ1n) is 6.89. The zero-order valence-electron chi connectivity index (χ0n) is 11.7. The van der Waals surface area contributed by atoms with Crippen molar-refractivity contribution in [2.75, 3.05) is 33.5 Å². The minimum Gasteiger partial charge on any atom is -0.491 e. The van der Waals surface area contributed by atoms with E-state index in [2.05, 4.69) is 0 Å². The van der Waals surface area contributed by atoms with Crippen LogP contribution in [0.1, 0.15) is 23.7 Å². The Bertz CT molecular complexity index is 421. The van der Waals surface area contributed by atoms with Crippen LogP contribution in [0.3, 0.4) is 0 Å². The van der Waals surface area contributed by atoms with Crippen LogP contribution in [0.2, 0.25) is 0 Å². The van der Waals surface area contributed by atoms with Gasteiger partial charge in [0.05, 0.1) is 25.9 Å². The van der Waals surface area contributed by atoms with Crippen molar-refractivity contribution in [1.29, 1.82) is 0 Å². The molecule has 0 aromatic heterocycles. The van der Waals surface area contributed by atoms with E-state index in [0.717, 1.165) is 29.7 Å². The third kappa shape index (κ3) is 3.93. The standard InChI is InChI=1S/C15H22O5/c1-18-7-8-19-9-11(16)10-20-15-4-2-3-12-13(15)5-6-14(12)17/h2-4,11,14,16-17H,5-10H2,1H3. The number of hydrogen-bond donors (Lipinski definition) is 2. The molecular formula is C15H22O5. The Morgan fingerprint density at radius 1 is 1.30 bits per heavy atom. The third-order valence-corrected chi connectivity index (χ3v) is 3.37. The minimum atomic E-state index is -0.672. The molecule has 20 heavy (non-hydrogen) atoms. The zero-order chi connectivity index (χ0) is 14.4. The molecule has 1 aromatic carbocycles. The summed E-state index contributed by atoms with van der Waals surface area (Å²) in [5, 5.41) is 19.6. The van der Waals surface area contributed by atoms with Gasteiger partial charge in [0.15, 0.2) is 0 Å². The Hall–Kier alpha value is -1.14. The molecule has 2 rings (SSSR count). The predicted molar refractivity (Wildman–Crippen MR) is 73.9 cm³/mol. The van der Waals surface area contributed by atoms with Gasteiger partial charge in [-0.3, -0.25) is 0 Å². The molecule has 5 nitrogen and oxygen atoms in total. The first-order chi connectivity index (χ1) is 9.72. The SMILES string of the molecule is COCCOCC(O)COc1cccc2c1CCC2O. The lowest BCUT2D eigenvalue weighted by Gasteiger charge is -2.15. The lowest BCUT2D eigenvalue weighted by molar-refractivity contribution is -0.00430. The summed E-state index contributed by atoms with van der Waals surface area (Å²) in [5.41, 5.74) is 1.99. The van der Waals surface area contributed by atoms with E-state index in [-0.39, 0.29) is 13.2 Å². The summed E-state index contributed by atoms with van der Waals surface area (Å²) >= 11 is 0. The highest BCUT2D eigenvalue weighted by atomic mass is 16.5. The van der Waals surface area contributed by atoms with E-state index < -0.39 is 12.2 Å². The number of rotatable bonds is 8. The molecule has 0 saturated carbocycles. The Balaban J connectivity index is 1.80. The molecule has 2 unspecified atom stereocenters. The summed E-state index contributed by atoms with van der Waals surface area (Å²) in [6.45, 7) is 1.37. The second kappa shape index (κ2) is 7.59. The van der Waals surface area contributed by atoms with Crippen LogP contribution in [-0.4, -0.2) is 49.9 Å². The quantitative estimate of drug-likeness (QED) is 0.698. The van der Waals surface area contributed by atoms with E-state index in [1.807, 2.05) is 18.2 Å². The van der Waals surface area contributed by atoms with Gasteiger partial charge in [0, 0.05) is 12.7 Å². The van der Waals surface area contributed by atoms with Crippen molar-refractivity contribution in [3.8, 4) is 5.75 Å². The highest BCUT2D eigenvalue weighted by Gasteiger charge is 2.23. The summed E-state index contributed by atoms with van der Waals surface area (Å²) in [4.78, 5) is 0. The molecule has 0 heterocycles. The first-order valence-corrected chi connectivity index (χ1v) is 6.89. The van der Waals surface area contributed by atoms with Crippen LogP contribution in [0.5, 0.6) is 5.75 Å². The number of aliphatic hydroxyl groups is 2.